The summed E-state index contributed by atoms with van der Waals surface area (Å²) in [6.07, 6.45) is 1.54. The molecular weight excluding hydrogens is 188 g/mol. The SMILES string of the molecule is Cc1nn(C)c(C)c1CCC(O)C(C)C. The number of aryl methyl sites for hydroxylation is 2. The van der Waals surface area contributed by atoms with E-state index >= 15 is 0 Å². The second-order valence-electron chi connectivity index (χ2n) is 4.62. The quantitative estimate of drug-likeness (QED) is 0.825. The van der Waals surface area contributed by atoms with Crippen LogP contribution in [0.3, 0.4) is 0 Å². The van der Waals surface area contributed by atoms with Crippen LogP contribution in [0.2, 0.25) is 0 Å². The minimum Gasteiger partial charge on any atom is -0.393 e. The lowest BCUT2D eigenvalue weighted by molar-refractivity contribution is 0.116. The molecule has 0 spiro atoms. The van der Waals surface area contributed by atoms with Crippen molar-refractivity contribution in [1.82, 2.24) is 9.78 Å². The Balaban J connectivity index is 2.65. The number of hydrogen-bond acceptors (Lipinski definition) is 2. The maximum absolute atomic E-state index is 9.75. The molecule has 0 bridgehead atoms. The fraction of sp³-hybridized carbons (Fsp3) is 0.750. The molecule has 0 aliphatic rings. The number of rotatable bonds is 4. The van der Waals surface area contributed by atoms with Crippen LogP contribution in [0.4, 0.5) is 0 Å². The van der Waals surface area contributed by atoms with Crippen LogP contribution in [0.25, 0.3) is 0 Å². The Morgan fingerprint density at radius 3 is 2.33 bits per heavy atom. The van der Waals surface area contributed by atoms with Crippen LogP contribution >= 0.6 is 0 Å². The molecule has 1 aromatic rings. The van der Waals surface area contributed by atoms with Crippen molar-refractivity contribution in [2.45, 2.75) is 46.6 Å². The Hall–Kier alpha value is -0.830. The molecule has 0 saturated carbocycles. The predicted molar refractivity (Wildman–Crippen MR) is 61.8 cm³/mol. The molecule has 0 amide bonds. The molecule has 1 aromatic heterocycles. The number of hydrogen-bond donors (Lipinski definition) is 1. The number of aliphatic hydroxyl groups excluding tert-OH is 1. The van der Waals surface area contributed by atoms with E-state index in [1.807, 2.05) is 32.5 Å². The fourth-order valence-electron chi connectivity index (χ4n) is 1.80. The van der Waals surface area contributed by atoms with Gasteiger partial charge in [-0.2, -0.15) is 5.10 Å². The fourth-order valence-corrected chi connectivity index (χ4v) is 1.80. The van der Waals surface area contributed by atoms with Crippen molar-refractivity contribution in [2.24, 2.45) is 13.0 Å². The Morgan fingerprint density at radius 1 is 1.33 bits per heavy atom. The van der Waals surface area contributed by atoms with Gasteiger partial charge in [0.05, 0.1) is 11.8 Å². The monoisotopic (exact) mass is 210 g/mol. The lowest BCUT2D eigenvalue weighted by Gasteiger charge is -2.14. The van der Waals surface area contributed by atoms with Crippen LogP contribution < -0.4 is 0 Å². The summed E-state index contributed by atoms with van der Waals surface area (Å²) in [6, 6.07) is 0. The molecule has 0 radical (unpaired) electrons. The molecule has 1 heterocycles. The lowest BCUT2D eigenvalue weighted by atomic mass is 9.98. The number of aliphatic hydroxyl groups is 1. The molecule has 1 rings (SSSR count). The summed E-state index contributed by atoms with van der Waals surface area (Å²) >= 11 is 0. The van der Waals surface area contributed by atoms with Gasteiger partial charge in [-0.15, -0.1) is 0 Å². The topological polar surface area (TPSA) is 38.0 Å². The molecule has 3 nitrogen and oxygen atoms in total. The van der Waals surface area contributed by atoms with Gasteiger partial charge in [0.1, 0.15) is 0 Å². The molecule has 0 fully saturated rings. The van der Waals surface area contributed by atoms with Crippen molar-refractivity contribution < 1.29 is 5.11 Å². The van der Waals surface area contributed by atoms with Gasteiger partial charge in [0.15, 0.2) is 0 Å². The summed E-state index contributed by atoms with van der Waals surface area (Å²) in [7, 11) is 1.96. The molecule has 1 atom stereocenters. The zero-order chi connectivity index (χ0) is 11.6. The first-order valence-corrected chi connectivity index (χ1v) is 5.60. The summed E-state index contributed by atoms with van der Waals surface area (Å²) < 4.78 is 1.91. The minimum absolute atomic E-state index is 0.205. The third-order valence-corrected chi connectivity index (χ3v) is 3.12. The molecule has 0 aliphatic heterocycles. The van der Waals surface area contributed by atoms with E-state index in [0.29, 0.717) is 5.92 Å². The second-order valence-corrected chi connectivity index (χ2v) is 4.62. The average molecular weight is 210 g/mol. The molecule has 0 aromatic carbocycles. The van der Waals surface area contributed by atoms with Crippen LogP contribution in [-0.4, -0.2) is 21.0 Å². The van der Waals surface area contributed by atoms with E-state index in [1.165, 1.54) is 11.3 Å². The molecule has 86 valence electrons. The molecule has 0 aliphatic carbocycles. The number of aromatic nitrogens is 2. The van der Waals surface area contributed by atoms with E-state index in [4.69, 9.17) is 0 Å². The lowest BCUT2D eigenvalue weighted by Crippen LogP contribution is -2.15. The van der Waals surface area contributed by atoms with Gasteiger partial charge in [0.2, 0.25) is 0 Å². The van der Waals surface area contributed by atoms with Crippen LogP contribution in [0.1, 0.15) is 37.2 Å². The Bertz CT molecular complexity index is 329. The first kappa shape index (κ1) is 12.2. The molecule has 3 heteroatoms. The standard InChI is InChI=1S/C12H22N2O/c1-8(2)12(15)7-6-11-9(3)13-14(5)10(11)4/h8,12,15H,6-7H2,1-5H3. The van der Waals surface area contributed by atoms with Crippen molar-refractivity contribution in [1.29, 1.82) is 0 Å². The highest BCUT2D eigenvalue weighted by Crippen LogP contribution is 2.16. The van der Waals surface area contributed by atoms with Crippen LogP contribution in [0.15, 0.2) is 0 Å². The minimum atomic E-state index is -0.205. The van der Waals surface area contributed by atoms with Crippen molar-refractivity contribution in [3.05, 3.63) is 17.0 Å². The maximum Gasteiger partial charge on any atom is 0.0628 e. The summed E-state index contributed by atoms with van der Waals surface area (Å²) in [5, 5.41) is 14.1. The largest absolute Gasteiger partial charge is 0.393 e. The van der Waals surface area contributed by atoms with E-state index < -0.39 is 0 Å². The predicted octanol–water partition coefficient (Wildman–Crippen LogP) is 1.99. The molecular formula is C12H22N2O. The number of nitrogens with zero attached hydrogens (tertiary/aromatic N) is 2. The van der Waals surface area contributed by atoms with Gasteiger partial charge in [0, 0.05) is 12.7 Å². The van der Waals surface area contributed by atoms with Gasteiger partial charge in [-0.05, 0) is 38.2 Å². The van der Waals surface area contributed by atoms with Crippen molar-refractivity contribution in [2.75, 3.05) is 0 Å². The summed E-state index contributed by atoms with van der Waals surface area (Å²) in [4.78, 5) is 0. The molecule has 1 N–H and O–H groups in total. The van der Waals surface area contributed by atoms with Crippen molar-refractivity contribution in [3.63, 3.8) is 0 Å². The van der Waals surface area contributed by atoms with Gasteiger partial charge in [-0.3, -0.25) is 4.68 Å². The normalized spacial score (nSPS) is 13.5. The Kier molecular flexibility index (Phi) is 3.91. The smallest absolute Gasteiger partial charge is 0.0628 e. The van der Waals surface area contributed by atoms with E-state index in [1.54, 1.807) is 0 Å². The van der Waals surface area contributed by atoms with E-state index in [9.17, 15) is 5.11 Å². The third-order valence-electron chi connectivity index (χ3n) is 3.12. The van der Waals surface area contributed by atoms with E-state index in [2.05, 4.69) is 12.0 Å². The van der Waals surface area contributed by atoms with Crippen molar-refractivity contribution in [3.8, 4) is 0 Å². The summed E-state index contributed by atoms with van der Waals surface area (Å²) in [6.45, 7) is 8.21. The van der Waals surface area contributed by atoms with Crippen LogP contribution in [0, 0.1) is 19.8 Å². The van der Waals surface area contributed by atoms with Gasteiger partial charge in [0.25, 0.3) is 0 Å². The van der Waals surface area contributed by atoms with E-state index in [0.717, 1.165) is 18.5 Å². The third kappa shape index (κ3) is 2.81. The van der Waals surface area contributed by atoms with Crippen LogP contribution in [0.5, 0.6) is 0 Å². The highest BCUT2D eigenvalue weighted by atomic mass is 16.3. The van der Waals surface area contributed by atoms with Crippen molar-refractivity contribution >= 4 is 0 Å². The zero-order valence-corrected chi connectivity index (χ0v) is 10.4. The van der Waals surface area contributed by atoms with E-state index in [-0.39, 0.29) is 6.10 Å². The molecule has 15 heavy (non-hydrogen) atoms. The Morgan fingerprint density at radius 2 is 1.93 bits per heavy atom. The molecule has 1 unspecified atom stereocenters. The van der Waals surface area contributed by atoms with Gasteiger partial charge in [-0.25, -0.2) is 0 Å². The Labute approximate surface area is 92.1 Å². The van der Waals surface area contributed by atoms with Gasteiger partial charge >= 0.3 is 0 Å². The maximum atomic E-state index is 9.75. The van der Waals surface area contributed by atoms with Gasteiger partial charge in [-0.1, -0.05) is 13.8 Å². The van der Waals surface area contributed by atoms with Crippen LogP contribution in [-0.2, 0) is 13.5 Å². The highest BCUT2D eigenvalue weighted by Gasteiger charge is 2.13. The molecule has 0 saturated heterocycles. The first-order chi connectivity index (χ1) is 6.93. The highest BCUT2D eigenvalue weighted by molar-refractivity contribution is 5.24. The summed E-state index contributed by atoms with van der Waals surface area (Å²) in [5.41, 5.74) is 3.59. The zero-order valence-electron chi connectivity index (χ0n) is 10.4. The summed E-state index contributed by atoms with van der Waals surface area (Å²) in [5.74, 6) is 0.335. The first-order valence-electron chi connectivity index (χ1n) is 5.60. The van der Waals surface area contributed by atoms with Gasteiger partial charge < -0.3 is 5.11 Å². The second kappa shape index (κ2) is 4.79. The average Bonchev–Trinajstić information content (AvgIpc) is 2.38.